The molecule has 1 amide bonds. The van der Waals surface area contributed by atoms with Gasteiger partial charge in [-0.2, -0.15) is 0 Å². The van der Waals surface area contributed by atoms with Gasteiger partial charge in [0, 0.05) is 27.8 Å². The number of benzene rings is 2. The number of carbonyl (C=O) groups is 1. The highest BCUT2D eigenvalue weighted by atomic mass is 35.5. The molecular formula is C21H21ClN2O4S2. The number of thioether (sulfide) groups is 1. The summed E-state index contributed by atoms with van der Waals surface area (Å²) in [5.41, 5.74) is 1.02. The van der Waals surface area contributed by atoms with Gasteiger partial charge in [0.15, 0.2) is 0 Å². The lowest BCUT2D eigenvalue weighted by Crippen LogP contribution is -2.27. The van der Waals surface area contributed by atoms with Gasteiger partial charge >= 0.3 is 0 Å². The molecule has 0 bridgehead atoms. The molecule has 1 aromatic heterocycles. The van der Waals surface area contributed by atoms with Crippen LogP contribution in [0.5, 0.6) is 0 Å². The van der Waals surface area contributed by atoms with E-state index in [1.54, 1.807) is 36.9 Å². The van der Waals surface area contributed by atoms with Crippen LogP contribution in [0.15, 0.2) is 75.1 Å². The molecule has 0 unspecified atom stereocenters. The summed E-state index contributed by atoms with van der Waals surface area (Å²) in [6.45, 7) is 2.25. The second-order valence-electron chi connectivity index (χ2n) is 6.44. The second-order valence-corrected chi connectivity index (χ2v) is 9.81. The molecule has 30 heavy (non-hydrogen) atoms. The zero-order chi connectivity index (χ0) is 21.6. The van der Waals surface area contributed by atoms with Crippen LogP contribution in [0.2, 0.25) is 5.02 Å². The quantitative estimate of drug-likeness (QED) is 0.365. The van der Waals surface area contributed by atoms with Crippen molar-refractivity contribution in [2.45, 2.75) is 23.3 Å². The average molecular weight is 465 g/mol. The Kier molecular flexibility index (Phi) is 7.60. The summed E-state index contributed by atoms with van der Waals surface area (Å²) < 4.78 is 32.7. The third-order valence-corrected chi connectivity index (χ3v) is 6.92. The van der Waals surface area contributed by atoms with E-state index in [9.17, 15) is 13.2 Å². The minimum absolute atomic E-state index is 0.0281. The van der Waals surface area contributed by atoms with Gasteiger partial charge in [0.1, 0.15) is 5.76 Å². The molecule has 2 aromatic carbocycles. The van der Waals surface area contributed by atoms with Gasteiger partial charge in [0.2, 0.25) is 10.0 Å². The molecule has 0 radical (unpaired) electrons. The van der Waals surface area contributed by atoms with Gasteiger partial charge < -0.3 is 9.73 Å². The maximum absolute atomic E-state index is 12.6. The van der Waals surface area contributed by atoms with Gasteiger partial charge in [-0.05, 0) is 61.0 Å². The zero-order valence-corrected chi connectivity index (χ0v) is 18.6. The first-order chi connectivity index (χ1) is 14.3. The van der Waals surface area contributed by atoms with E-state index in [2.05, 4.69) is 10.0 Å². The maximum atomic E-state index is 12.6. The van der Waals surface area contributed by atoms with E-state index < -0.39 is 10.0 Å². The lowest BCUT2D eigenvalue weighted by Gasteiger charge is -2.11. The van der Waals surface area contributed by atoms with Gasteiger partial charge in [0.25, 0.3) is 5.91 Å². The third kappa shape index (κ3) is 6.12. The van der Waals surface area contributed by atoms with Crippen molar-refractivity contribution in [3.8, 4) is 0 Å². The van der Waals surface area contributed by atoms with Gasteiger partial charge in [-0.25, -0.2) is 13.1 Å². The Morgan fingerprint density at radius 2 is 1.90 bits per heavy atom. The lowest BCUT2D eigenvalue weighted by molar-refractivity contribution is 0.0955. The monoisotopic (exact) mass is 464 g/mol. The Balaban J connectivity index is 1.59. The Morgan fingerprint density at radius 1 is 1.13 bits per heavy atom. The number of hydrogen-bond donors (Lipinski definition) is 2. The van der Waals surface area contributed by atoms with Gasteiger partial charge in [-0.15, -0.1) is 11.8 Å². The third-order valence-electron chi connectivity index (χ3n) is 4.25. The molecule has 3 aromatic rings. The number of rotatable bonds is 9. The first-order valence-electron chi connectivity index (χ1n) is 9.14. The molecule has 0 aliphatic carbocycles. The average Bonchev–Trinajstić information content (AvgIpc) is 3.25. The van der Waals surface area contributed by atoms with E-state index in [4.69, 9.17) is 16.0 Å². The predicted molar refractivity (Wildman–Crippen MR) is 118 cm³/mol. The van der Waals surface area contributed by atoms with Crippen LogP contribution in [0.4, 0.5) is 0 Å². The molecule has 0 saturated carbocycles. The number of nitrogens with one attached hydrogen (secondary N) is 2. The van der Waals surface area contributed by atoms with E-state index in [-0.39, 0.29) is 17.3 Å². The van der Waals surface area contributed by atoms with E-state index >= 15 is 0 Å². The Labute approximate surface area is 185 Å². The summed E-state index contributed by atoms with van der Waals surface area (Å²) in [7, 11) is -3.78. The Bertz CT molecular complexity index is 1100. The first-order valence-corrected chi connectivity index (χ1v) is 12.0. The van der Waals surface area contributed by atoms with Crippen LogP contribution in [-0.4, -0.2) is 26.6 Å². The van der Waals surface area contributed by atoms with Crippen LogP contribution in [0.3, 0.4) is 0 Å². The maximum Gasteiger partial charge on any atom is 0.251 e. The lowest BCUT2D eigenvalue weighted by atomic mass is 10.1. The van der Waals surface area contributed by atoms with Crippen LogP contribution in [-0.2, 0) is 16.6 Å². The summed E-state index contributed by atoms with van der Waals surface area (Å²) >= 11 is 7.46. The SMILES string of the molecule is Cc1ccc(S(=O)(=O)NCc2ccco2)cc1C(=O)NCCSc1ccc(Cl)cc1. The van der Waals surface area contributed by atoms with Crippen molar-refractivity contribution in [3.05, 3.63) is 82.8 Å². The fraction of sp³-hybridized carbons (Fsp3) is 0.190. The molecule has 0 atom stereocenters. The van der Waals surface area contributed by atoms with Crippen molar-refractivity contribution in [2.75, 3.05) is 12.3 Å². The van der Waals surface area contributed by atoms with E-state index in [0.29, 0.717) is 34.2 Å². The number of aryl methyl sites for hydroxylation is 1. The fourth-order valence-electron chi connectivity index (χ4n) is 2.64. The van der Waals surface area contributed by atoms with Crippen molar-refractivity contribution in [3.63, 3.8) is 0 Å². The molecule has 0 aliphatic rings. The van der Waals surface area contributed by atoms with E-state index in [1.165, 1.54) is 18.4 Å². The van der Waals surface area contributed by atoms with Crippen molar-refractivity contribution in [1.29, 1.82) is 0 Å². The largest absolute Gasteiger partial charge is 0.468 e. The number of halogens is 1. The molecule has 0 fully saturated rings. The number of furan rings is 1. The molecule has 0 saturated heterocycles. The molecule has 158 valence electrons. The highest BCUT2D eigenvalue weighted by Crippen LogP contribution is 2.20. The highest BCUT2D eigenvalue weighted by molar-refractivity contribution is 7.99. The molecule has 2 N–H and O–H groups in total. The fourth-order valence-corrected chi connectivity index (χ4v) is 4.55. The van der Waals surface area contributed by atoms with Gasteiger partial charge in [-0.1, -0.05) is 17.7 Å². The molecule has 0 spiro atoms. The summed E-state index contributed by atoms with van der Waals surface area (Å²) in [4.78, 5) is 13.7. The topological polar surface area (TPSA) is 88.4 Å². The van der Waals surface area contributed by atoms with Crippen LogP contribution >= 0.6 is 23.4 Å². The Hall–Kier alpha value is -2.26. The first kappa shape index (κ1) is 22.4. The van der Waals surface area contributed by atoms with Gasteiger partial charge in [0.05, 0.1) is 17.7 Å². The van der Waals surface area contributed by atoms with Crippen LogP contribution in [0, 0.1) is 6.92 Å². The van der Waals surface area contributed by atoms with Gasteiger partial charge in [-0.3, -0.25) is 4.79 Å². The van der Waals surface area contributed by atoms with Crippen molar-refractivity contribution < 1.29 is 17.6 Å². The highest BCUT2D eigenvalue weighted by Gasteiger charge is 2.18. The minimum atomic E-state index is -3.78. The summed E-state index contributed by atoms with van der Waals surface area (Å²) in [6, 6.07) is 15.3. The summed E-state index contributed by atoms with van der Waals surface area (Å²) in [6.07, 6.45) is 1.48. The Morgan fingerprint density at radius 3 is 2.60 bits per heavy atom. The summed E-state index contributed by atoms with van der Waals surface area (Å²) in [5, 5.41) is 3.52. The standard InChI is InChI=1S/C21H21ClN2O4S2/c1-15-4-9-19(30(26,27)24-14-17-3-2-11-28-17)13-20(15)21(25)23-10-12-29-18-7-5-16(22)6-8-18/h2-9,11,13,24H,10,12,14H2,1H3,(H,23,25). The molecule has 3 rings (SSSR count). The molecule has 9 heteroatoms. The molecule has 1 heterocycles. The van der Waals surface area contributed by atoms with Crippen LogP contribution in [0.1, 0.15) is 21.7 Å². The van der Waals surface area contributed by atoms with Crippen molar-refractivity contribution >= 4 is 39.3 Å². The minimum Gasteiger partial charge on any atom is -0.468 e. The second kappa shape index (κ2) is 10.2. The van der Waals surface area contributed by atoms with E-state index in [0.717, 1.165) is 4.90 Å². The normalized spacial score (nSPS) is 11.4. The molecule has 6 nitrogen and oxygen atoms in total. The van der Waals surface area contributed by atoms with E-state index in [1.807, 2.05) is 24.3 Å². The number of sulfonamides is 1. The smallest absolute Gasteiger partial charge is 0.251 e. The number of carbonyl (C=O) groups excluding carboxylic acids is 1. The van der Waals surface area contributed by atoms with Crippen molar-refractivity contribution in [1.82, 2.24) is 10.0 Å². The summed E-state index contributed by atoms with van der Waals surface area (Å²) in [5.74, 6) is 0.865. The zero-order valence-electron chi connectivity index (χ0n) is 16.2. The number of hydrogen-bond acceptors (Lipinski definition) is 5. The van der Waals surface area contributed by atoms with Crippen LogP contribution in [0.25, 0.3) is 0 Å². The van der Waals surface area contributed by atoms with Crippen molar-refractivity contribution in [2.24, 2.45) is 0 Å². The molecule has 0 aliphatic heterocycles. The predicted octanol–water partition coefficient (Wildman–Crippen LogP) is 4.24. The number of amides is 1. The molecular weight excluding hydrogens is 444 g/mol. The van der Waals surface area contributed by atoms with Crippen LogP contribution < -0.4 is 10.0 Å².